The van der Waals surface area contributed by atoms with Gasteiger partial charge in [0.1, 0.15) is 5.52 Å². The van der Waals surface area contributed by atoms with Gasteiger partial charge in [0.15, 0.2) is 0 Å². The van der Waals surface area contributed by atoms with Gasteiger partial charge in [0.25, 0.3) is 0 Å². The number of nitrogens with zero attached hydrogens (tertiary/aromatic N) is 3. The van der Waals surface area contributed by atoms with Crippen LogP contribution in [0.3, 0.4) is 0 Å². The van der Waals surface area contributed by atoms with Crippen LogP contribution in [0.1, 0.15) is 6.42 Å². The topological polar surface area (TPSA) is 30.7 Å². The first-order chi connectivity index (χ1) is 5.92. The van der Waals surface area contributed by atoms with Gasteiger partial charge >= 0.3 is 0 Å². The molecule has 0 saturated carbocycles. The number of para-hydroxylation sites is 1. The lowest BCUT2D eigenvalue weighted by Gasteiger charge is -1.96. The van der Waals surface area contributed by atoms with Gasteiger partial charge in [0.2, 0.25) is 0 Å². The van der Waals surface area contributed by atoms with E-state index in [0.29, 0.717) is 0 Å². The van der Waals surface area contributed by atoms with Crippen molar-refractivity contribution >= 4 is 11.0 Å². The molecule has 1 radical (unpaired) electrons. The Morgan fingerprint density at radius 3 is 3.00 bits per heavy atom. The third kappa shape index (κ3) is 1.07. The van der Waals surface area contributed by atoms with Crippen LogP contribution >= 0.6 is 0 Å². The molecule has 2 aromatic rings. The maximum absolute atomic E-state index is 4.02. The van der Waals surface area contributed by atoms with Crippen molar-refractivity contribution in [2.24, 2.45) is 0 Å². The second kappa shape index (κ2) is 2.93. The predicted molar refractivity (Wildman–Crippen MR) is 47.5 cm³/mol. The van der Waals surface area contributed by atoms with Crippen LogP contribution in [0, 0.1) is 6.92 Å². The third-order valence-corrected chi connectivity index (χ3v) is 1.79. The summed E-state index contributed by atoms with van der Waals surface area (Å²) in [6.45, 7) is 4.61. The molecular weight excluding hydrogens is 150 g/mol. The van der Waals surface area contributed by atoms with Gasteiger partial charge < -0.3 is 0 Å². The Morgan fingerprint density at radius 1 is 1.33 bits per heavy atom. The SMILES string of the molecule is [CH2]CCn1nnc2ccccc21. The summed E-state index contributed by atoms with van der Waals surface area (Å²) >= 11 is 0. The summed E-state index contributed by atoms with van der Waals surface area (Å²) in [7, 11) is 0. The summed E-state index contributed by atoms with van der Waals surface area (Å²) < 4.78 is 1.88. The number of aryl methyl sites for hydroxylation is 1. The first kappa shape index (κ1) is 7.28. The van der Waals surface area contributed by atoms with Gasteiger partial charge in [-0.1, -0.05) is 24.3 Å². The molecule has 0 aliphatic heterocycles. The molecule has 3 nitrogen and oxygen atoms in total. The van der Waals surface area contributed by atoms with Gasteiger partial charge in [-0.05, 0) is 18.6 Å². The molecule has 0 spiro atoms. The summed E-state index contributed by atoms with van der Waals surface area (Å²) in [5.74, 6) is 0. The van der Waals surface area contributed by atoms with Crippen LogP contribution in [-0.4, -0.2) is 15.0 Å². The predicted octanol–water partition coefficient (Wildman–Crippen LogP) is 1.66. The van der Waals surface area contributed by atoms with E-state index in [1.165, 1.54) is 0 Å². The monoisotopic (exact) mass is 160 g/mol. The second-order valence-electron chi connectivity index (χ2n) is 2.65. The minimum absolute atomic E-state index is 0.834. The maximum atomic E-state index is 4.02. The Balaban J connectivity index is 2.55. The van der Waals surface area contributed by atoms with E-state index in [4.69, 9.17) is 0 Å². The van der Waals surface area contributed by atoms with E-state index in [-0.39, 0.29) is 0 Å². The van der Waals surface area contributed by atoms with Crippen LogP contribution in [0.4, 0.5) is 0 Å². The summed E-state index contributed by atoms with van der Waals surface area (Å²) in [6, 6.07) is 7.93. The van der Waals surface area contributed by atoms with E-state index in [1.54, 1.807) is 0 Å². The minimum Gasteiger partial charge on any atom is -0.245 e. The van der Waals surface area contributed by atoms with Crippen LogP contribution < -0.4 is 0 Å². The third-order valence-electron chi connectivity index (χ3n) is 1.79. The molecular formula is C9H10N3. The van der Waals surface area contributed by atoms with Crippen LogP contribution in [0.2, 0.25) is 0 Å². The van der Waals surface area contributed by atoms with Crippen LogP contribution in [0.5, 0.6) is 0 Å². The van der Waals surface area contributed by atoms with Crippen molar-refractivity contribution < 1.29 is 0 Å². The van der Waals surface area contributed by atoms with Crippen molar-refractivity contribution in [3.63, 3.8) is 0 Å². The van der Waals surface area contributed by atoms with Crippen molar-refractivity contribution in [1.82, 2.24) is 15.0 Å². The molecule has 0 N–H and O–H groups in total. The fourth-order valence-corrected chi connectivity index (χ4v) is 1.23. The molecule has 0 aliphatic rings. The normalized spacial score (nSPS) is 10.8. The van der Waals surface area contributed by atoms with Gasteiger partial charge in [0, 0.05) is 6.54 Å². The number of benzene rings is 1. The molecule has 2 rings (SSSR count). The maximum Gasteiger partial charge on any atom is 0.113 e. The molecule has 0 amide bonds. The summed E-state index contributed by atoms with van der Waals surface area (Å²) in [6.07, 6.45) is 0.841. The standard InChI is InChI=1S/C9H10N3/c1-2-7-12-9-6-4-3-5-8(9)10-11-12/h3-6H,1-2,7H2. The zero-order valence-corrected chi connectivity index (χ0v) is 6.77. The molecule has 0 saturated heterocycles. The first-order valence-corrected chi connectivity index (χ1v) is 3.99. The van der Waals surface area contributed by atoms with Crippen molar-refractivity contribution in [1.29, 1.82) is 0 Å². The lowest BCUT2D eigenvalue weighted by atomic mass is 10.3. The van der Waals surface area contributed by atoms with Crippen LogP contribution in [0.25, 0.3) is 11.0 Å². The smallest absolute Gasteiger partial charge is 0.113 e. The molecule has 1 heterocycles. The van der Waals surface area contributed by atoms with E-state index in [2.05, 4.69) is 17.2 Å². The van der Waals surface area contributed by atoms with Crippen LogP contribution in [0.15, 0.2) is 24.3 Å². The number of fused-ring (bicyclic) bond motifs is 1. The van der Waals surface area contributed by atoms with E-state index in [1.807, 2.05) is 28.9 Å². The zero-order chi connectivity index (χ0) is 8.39. The average Bonchev–Trinajstić information content (AvgIpc) is 2.50. The summed E-state index contributed by atoms with van der Waals surface area (Å²) in [5, 5.41) is 8.03. The van der Waals surface area contributed by atoms with Crippen molar-refractivity contribution in [3.8, 4) is 0 Å². The summed E-state index contributed by atoms with van der Waals surface area (Å²) in [5.41, 5.74) is 2.03. The van der Waals surface area contributed by atoms with Crippen molar-refractivity contribution in [2.75, 3.05) is 0 Å². The Morgan fingerprint density at radius 2 is 2.17 bits per heavy atom. The quantitative estimate of drug-likeness (QED) is 0.668. The Labute approximate surface area is 71.0 Å². The minimum atomic E-state index is 0.834. The van der Waals surface area contributed by atoms with Gasteiger partial charge in [-0.25, -0.2) is 4.68 Å². The first-order valence-electron chi connectivity index (χ1n) is 3.99. The fraction of sp³-hybridized carbons (Fsp3) is 0.222. The molecule has 1 aromatic carbocycles. The van der Waals surface area contributed by atoms with E-state index in [0.717, 1.165) is 24.0 Å². The number of rotatable bonds is 2. The van der Waals surface area contributed by atoms with E-state index in [9.17, 15) is 0 Å². The van der Waals surface area contributed by atoms with E-state index >= 15 is 0 Å². The van der Waals surface area contributed by atoms with Gasteiger partial charge in [0.05, 0.1) is 5.52 Å². The molecule has 61 valence electrons. The molecule has 3 heteroatoms. The molecule has 12 heavy (non-hydrogen) atoms. The van der Waals surface area contributed by atoms with Gasteiger partial charge in [-0.3, -0.25) is 0 Å². The highest BCUT2D eigenvalue weighted by Gasteiger charge is 2.00. The number of hydrogen-bond donors (Lipinski definition) is 0. The molecule has 0 aliphatic carbocycles. The Hall–Kier alpha value is -1.38. The Kier molecular flexibility index (Phi) is 1.78. The van der Waals surface area contributed by atoms with Crippen molar-refractivity contribution in [2.45, 2.75) is 13.0 Å². The summed E-state index contributed by atoms with van der Waals surface area (Å²) in [4.78, 5) is 0. The highest BCUT2D eigenvalue weighted by Crippen LogP contribution is 2.09. The number of hydrogen-bond acceptors (Lipinski definition) is 2. The molecule has 0 atom stereocenters. The largest absolute Gasteiger partial charge is 0.245 e. The average molecular weight is 160 g/mol. The molecule has 0 unspecified atom stereocenters. The Bertz CT molecular complexity index is 378. The molecule has 1 aromatic heterocycles. The molecule has 0 fully saturated rings. The van der Waals surface area contributed by atoms with E-state index < -0.39 is 0 Å². The zero-order valence-electron chi connectivity index (χ0n) is 6.77. The molecule has 0 bridgehead atoms. The highest BCUT2D eigenvalue weighted by atomic mass is 15.4. The van der Waals surface area contributed by atoms with Crippen LogP contribution in [-0.2, 0) is 6.54 Å². The van der Waals surface area contributed by atoms with Crippen molar-refractivity contribution in [3.05, 3.63) is 31.2 Å². The number of aromatic nitrogens is 3. The highest BCUT2D eigenvalue weighted by molar-refractivity contribution is 5.73. The lowest BCUT2D eigenvalue weighted by Crippen LogP contribution is -1.98. The lowest BCUT2D eigenvalue weighted by molar-refractivity contribution is 0.613. The second-order valence-corrected chi connectivity index (χ2v) is 2.65. The van der Waals surface area contributed by atoms with Gasteiger partial charge in [-0.2, -0.15) is 0 Å². The fourth-order valence-electron chi connectivity index (χ4n) is 1.23. The van der Waals surface area contributed by atoms with Gasteiger partial charge in [-0.15, -0.1) is 5.10 Å².